The lowest BCUT2D eigenvalue weighted by Crippen LogP contribution is -2.39. The first-order chi connectivity index (χ1) is 12.7. The molecule has 0 spiro atoms. The molecule has 1 aliphatic heterocycles. The number of nitrogens with zero attached hydrogens (tertiary/aromatic N) is 4. The van der Waals surface area contributed by atoms with E-state index in [2.05, 4.69) is 24.3 Å². The van der Waals surface area contributed by atoms with Gasteiger partial charge < -0.3 is 9.47 Å². The summed E-state index contributed by atoms with van der Waals surface area (Å²) in [5, 5.41) is 0. The Balaban J connectivity index is 0.00000117. The minimum absolute atomic E-state index is 0.0932. The first-order valence-electron chi connectivity index (χ1n) is 9.68. The molecule has 26 heavy (non-hydrogen) atoms. The van der Waals surface area contributed by atoms with E-state index in [0.717, 1.165) is 69.1 Å². The maximum absolute atomic E-state index is 12.8. The highest BCUT2D eigenvalue weighted by molar-refractivity contribution is 7.99. The summed E-state index contributed by atoms with van der Waals surface area (Å²) in [5.74, 6) is 2.81. The highest BCUT2D eigenvalue weighted by Gasteiger charge is 2.27. The molecular formula is C19H32N4OS2. The SMILES string of the molecule is C=CCN(S)CCCc1cn(C2CC2)c(=O)c(N2CCSCC2)n1.CC. The van der Waals surface area contributed by atoms with E-state index in [4.69, 9.17) is 4.98 Å². The molecule has 3 rings (SSSR count). The second kappa shape index (κ2) is 11.0. The van der Waals surface area contributed by atoms with E-state index in [-0.39, 0.29) is 5.56 Å². The molecule has 146 valence electrons. The summed E-state index contributed by atoms with van der Waals surface area (Å²) in [5.41, 5.74) is 1.12. The normalized spacial score (nSPS) is 17.0. The highest BCUT2D eigenvalue weighted by Crippen LogP contribution is 2.34. The first kappa shape index (κ1) is 21.4. The molecule has 1 aromatic heterocycles. The van der Waals surface area contributed by atoms with Crippen LogP contribution in [0, 0.1) is 0 Å². The average Bonchev–Trinajstić information content (AvgIpc) is 3.50. The van der Waals surface area contributed by atoms with Crippen LogP contribution in [0.5, 0.6) is 0 Å². The number of aromatic nitrogens is 2. The molecule has 1 aromatic rings. The second-order valence-electron chi connectivity index (χ2n) is 6.40. The lowest BCUT2D eigenvalue weighted by Gasteiger charge is -2.27. The van der Waals surface area contributed by atoms with Gasteiger partial charge in [0.25, 0.3) is 5.56 Å². The number of hydrogen-bond acceptors (Lipinski definition) is 6. The molecule has 0 bridgehead atoms. The van der Waals surface area contributed by atoms with Gasteiger partial charge in [-0.05, 0) is 25.7 Å². The van der Waals surface area contributed by atoms with Gasteiger partial charge in [0.1, 0.15) is 0 Å². The Morgan fingerprint density at radius 1 is 1.38 bits per heavy atom. The summed E-state index contributed by atoms with van der Waals surface area (Å²) in [6.45, 7) is 11.2. The molecule has 2 fully saturated rings. The molecule has 1 saturated heterocycles. The Morgan fingerprint density at radius 2 is 2.08 bits per heavy atom. The third-order valence-corrected chi connectivity index (χ3v) is 5.71. The zero-order valence-corrected chi connectivity index (χ0v) is 17.8. The molecule has 0 unspecified atom stereocenters. The third kappa shape index (κ3) is 6.06. The summed E-state index contributed by atoms with van der Waals surface area (Å²) in [6.07, 6.45) is 7.91. The summed E-state index contributed by atoms with van der Waals surface area (Å²) < 4.78 is 3.88. The number of rotatable bonds is 8. The van der Waals surface area contributed by atoms with Crippen molar-refractivity contribution in [3.8, 4) is 0 Å². The molecule has 7 heteroatoms. The van der Waals surface area contributed by atoms with E-state index in [0.29, 0.717) is 11.9 Å². The largest absolute Gasteiger partial charge is 0.350 e. The molecule has 1 saturated carbocycles. The van der Waals surface area contributed by atoms with Crippen LogP contribution in [0.4, 0.5) is 5.82 Å². The molecule has 1 aliphatic carbocycles. The Kier molecular flexibility index (Phi) is 9.08. The monoisotopic (exact) mass is 396 g/mol. The Bertz CT molecular complexity index is 624. The van der Waals surface area contributed by atoms with Gasteiger partial charge in [-0.25, -0.2) is 9.29 Å². The van der Waals surface area contributed by atoms with Gasteiger partial charge in [0.2, 0.25) is 0 Å². The van der Waals surface area contributed by atoms with Crippen molar-refractivity contribution in [2.45, 2.75) is 45.6 Å². The van der Waals surface area contributed by atoms with Crippen molar-refractivity contribution in [2.75, 3.05) is 42.6 Å². The van der Waals surface area contributed by atoms with E-state index < -0.39 is 0 Å². The van der Waals surface area contributed by atoms with Crippen molar-refractivity contribution in [1.82, 2.24) is 13.9 Å². The molecule has 0 N–H and O–H groups in total. The molecule has 0 radical (unpaired) electrons. The number of hydrogen-bond donors (Lipinski definition) is 1. The van der Waals surface area contributed by atoms with Crippen LogP contribution in [0.1, 0.15) is 44.8 Å². The standard InChI is InChI=1S/C17H26N4OS2.C2H6/c1-2-7-20(23)8-3-4-14-13-21(15-5-6-15)17(22)16(18-14)19-9-11-24-12-10-19;1-2/h2,13,15,23H,1,3-12H2;1-2H3. The minimum Gasteiger partial charge on any atom is -0.350 e. The number of thiol groups is 1. The molecule has 2 aliphatic rings. The van der Waals surface area contributed by atoms with Crippen LogP contribution >= 0.6 is 24.6 Å². The number of aryl methyl sites for hydroxylation is 1. The zero-order valence-electron chi connectivity index (χ0n) is 16.1. The van der Waals surface area contributed by atoms with Crippen molar-refractivity contribution in [3.63, 3.8) is 0 Å². The molecule has 0 atom stereocenters. The van der Waals surface area contributed by atoms with E-state index >= 15 is 0 Å². The predicted octanol–water partition coefficient (Wildman–Crippen LogP) is 3.42. The van der Waals surface area contributed by atoms with Crippen LogP contribution in [-0.2, 0) is 6.42 Å². The lowest BCUT2D eigenvalue weighted by atomic mass is 10.2. The molecule has 0 aromatic carbocycles. The third-order valence-electron chi connectivity index (χ3n) is 4.40. The topological polar surface area (TPSA) is 41.4 Å². The fraction of sp³-hybridized carbons (Fsp3) is 0.684. The summed E-state index contributed by atoms with van der Waals surface area (Å²) in [6, 6.07) is 0.388. The van der Waals surface area contributed by atoms with Crippen LogP contribution in [0.15, 0.2) is 23.6 Å². The van der Waals surface area contributed by atoms with Crippen molar-refractivity contribution in [3.05, 3.63) is 34.9 Å². The highest BCUT2D eigenvalue weighted by atomic mass is 32.2. The maximum Gasteiger partial charge on any atom is 0.293 e. The summed E-state index contributed by atoms with van der Waals surface area (Å²) >= 11 is 6.36. The second-order valence-corrected chi connectivity index (χ2v) is 8.19. The van der Waals surface area contributed by atoms with Crippen molar-refractivity contribution in [1.29, 1.82) is 0 Å². The lowest BCUT2D eigenvalue weighted by molar-refractivity contribution is 0.505. The van der Waals surface area contributed by atoms with E-state index in [9.17, 15) is 4.79 Å². The first-order valence-corrected chi connectivity index (χ1v) is 11.2. The quantitative estimate of drug-likeness (QED) is 0.539. The Labute approximate surface area is 167 Å². The van der Waals surface area contributed by atoms with Crippen molar-refractivity contribution < 1.29 is 0 Å². The molecule has 2 heterocycles. The van der Waals surface area contributed by atoms with Gasteiger partial charge in [-0.1, -0.05) is 32.7 Å². The summed E-state index contributed by atoms with van der Waals surface area (Å²) in [7, 11) is 0. The minimum atomic E-state index is 0.0932. The van der Waals surface area contributed by atoms with E-state index in [1.54, 1.807) is 0 Å². The van der Waals surface area contributed by atoms with Crippen molar-refractivity contribution in [2.24, 2.45) is 0 Å². The fourth-order valence-electron chi connectivity index (χ4n) is 2.96. The maximum atomic E-state index is 12.8. The van der Waals surface area contributed by atoms with Crippen LogP contribution in [-0.4, -0.2) is 51.5 Å². The van der Waals surface area contributed by atoms with Gasteiger partial charge in [0.05, 0.1) is 5.69 Å². The van der Waals surface area contributed by atoms with E-state index in [1.165, 1.54) is 0 Å². The van der Waals surface area contributed by atoms with Gasteiger partial charge >= 0.3 is 0 Å². The van der Waals surface area contributed by atoms with Gasteiger partial charge in [0, 0.05) is 49.9 Å². The van der Waals surface area contributed by atoms with Crippen LogP contribution in [0.25, 0.3) is 0 Å². The van der Waals surface area contributed by atoms with E-state index in [1.807, 2.05) is 46.8 Å². The summed E-state index contributed by atoms with van der Waals surface area (Å²) in [4.78, 5) is 19.7. The molecular weight excluding hydrogens is 364 g/mol. The predicted molar refractivity (Wildman–Crippen MR) is 117 cm³/mol. The van der Waals surface area contributed by atoms with Gasteiger partial charge in [-0.15, -0.1) is 6.58 Å². The van der Waals surface area contributed by atoms with Gasteiger partial charge in [-0.3, -0.25) is 4.79 Å². The number of thioether (sulfide) groups is 1. The van der Waals surface area contributed by atoms with Crippen molar-refractivity contribution >= 4 is 30.4 Å². The Hall–Kier alpha value is -0.920. The zero-order chi connectivity index (χ0) is 18.9. The molecule has 0 amide bonds. The molecule has 5 nitrogen and oxygen atoms in total. The Morgan fingerprint density at radius 3 is 2.69 bits per heavy atom. The van der Waals surface area contributed by atoms with Gasteiger partial charge in [-0.2, -0.15) is 11.8 Å². The van der Waals surface area contributed by atoms with Crippen LogP contribution in [0.3, 0.4) is 0 Å². The fourth-order valence-corrected chi connectivity index (χ4v) is 4.12. The number of anilines is 1. The van der Waals surface area contributed by atoms with Gasteiger partial charge in [0.15, 0.2) is 5.82 Å². The average molecular weight is 397 g/mol. The van der Waals surface area contributed by atoms with Crippen LogP contribution < -0.4 is 10.5 Å². The smallest absolute Gasteiger partial charge is 0.293 e. The van der Waals surface area contributed by atoms with Crippen LogP contribution in [0.2, 0.25) is 0 Å².